The second kappa shape index (κ2) is 13.1. The van der Waals surface area contributed by atoms with E-state index in [1.165, 1.54) is 36.0 Å². The molecule has 23 heavy (non-hydrogen) atoms. The van der Waals surface area contributed by atoms with E-state index in [1.54, 1.807) is 0 Å². The number of aryl methyl sites for hydroxylation is 1. The summed E-state index contributed by atoms with van der Waals surface area (Å²) in [4.78, 5) is 0. The van der Waals surface area contributed by atoms with Gasteiger partial charge in [-0.25, -0.2) is 0 Å². The van der Waals surface area contributed by atoms with E-state index >= 15 is 0 Å². The normalized spacial score (nSPS) is 11.0. The van der Waals surface area contributed by atoms with Gasteiger partial charge in [0.15, 0.2) is 0 Å². The van der Waals surface area contributed by atoms with Crippen LogP contribution in [0.3, 0.4) is 0 Å². The summed E-state index contributed by atoms with van der Waals surface area (Å²) in [5.74, 6) is 0.391. The summed E-state index contributed by atoms with van der Waals surface area (Å²) in [5.41, 5.74) is 4.84. The Balaban J connectivity index is 0.00000484. The number of benzene rings is 1. The average Bonchev–Trinajstić information content (AvgIpc) is 2.46. The largest absolute Gasteiger partial charge is 0.565 e. The molecule has 0 bridgehead atoms. The van der Waals surface area contributed by atoms with Crippen molar-refractivity contribution in [3.63, 3.8) is 0 Å². The van der Waals surface area contributed by atoms with E-state index in [9.17, 15) is 5.11 Å². The zero-order valence-corrected chi connectivity index (χ0v) is 16.9. The number of unbranched alkanes of at least 4 members (excludes halogenated alkanes) is 2. The molecule has 0 aromatic heterocycles. The van der Waals surface area contributed by atoms with Gasteiger partial charge in [0.05, 0.1) is 0 Å². The quantitative estimate of drug-likeness (QED) is 0.201. The van der Waals surface area contributed by atoms with Crippen molar-refractivity contribution >= 4 is 0 Å². The first-order chi connectivity index (χ1) is 10.5. The summed E-state index contributed by atoms with van der Waals surface area (Å²) in [6.45, 7) is 8.64. The molecule has 0 saturated carbocycles. The molecule has 1 aromatic rings. The Labute approximate surface area is 172 Å². The van der Waals surface area contributed by atoms with Crippen LogP contribution in [-0.2, 0) is 12.8 Å². The molecule has 0 heterocycles. The van der Waals surface area contributed by atoms with E-state index < -0.39 is 0 Å². The van der Waals surface area contributed by atoms with Crippen LogP contribution in [0.15, 0.2) is 35.4 Å². The predicted octanol–water partition coefficient (Wildman–Crippen LogP) is 6.16. The third kappa shape index (κ3) is 10.3. The van der Waals surface area contributed by atoms with Crippen LogP contribution in [0, 0.1) is 43.8 Å². The van der Waals surface area contributed by atoms with Crippen LogP contribution in [0.2, 0.25) is 0 Å². The van der Waals surface area contributed by atoms with Crippen molar-refractivity contribution in [2.75, 3.05) is 0 Å². The maximum absolute atomic E-state index is 10.1. The second-order valence-corrected chi connectivity index (χ2v) is 6.40. The minimum absolute atomic E-state index is 0. The van der Waals surface area contributed by atoms with Crippen molar-refractivity contribution in [3.05, 3.63) is 52.6 Å². The Kier molecular flexibility index (Phi) is 13.0. The first kappa shape index (κ1) is 22.8. The summed E-state index contributed by atoms with van der Waals surface area (Å²) in [6, 6.07) is 7.20. The molecule has 0 unspecified atom stereocenters. The average molecular weight is 464 g/mol. The standard InChI is InChI=1S/C21H31O.Ho/c1-5-6-7-11-19-13-15-20(21(22)16-19)14-12-18(4)10-8-9-17(2)3;/h9,12-13,16,22H,5-8,10-11,14H2,1-4H3;/q-1;/b18-12+;. The van der Waals surface area contributed by atoms with Crippen molar-refractivity contribution in [2.24, 2.45) is 0 Å². The van der Waals surface area contributed by atoms with Gasteiger partial charge in [-0.1, -0.05) is 55.9 Å². The van der Waals surface area contributed by atoms with Gasteiger partial charge in [0.1, 0.15) is 0 Å². The van der Waals surface area contributed by atoms with Gasteiger partial charge in [-0.15, -0.1) is 11.6 Å². The van der Waals surface area contributed by atoms with Crippen molar-refractivity contribution in [1.29, 1.82) is 0 Å². The fraction of sp³-hybridized carbons (Fsp3) is 0.524. The van der Waals surface area contributed by atoms with Gasteiger partial charge in [-0.2, -0.15) is 17.7 Å². The molecule has 0 aliphatic rings. The maximum Gasteiger partial charge on any atom is 0.00693 e. The molecule has 2 heteroatoms. The van der Waals surface area contributed by atoms with E-state index in [-0.39, 0.29) is 37.7 Å². The molecule has 1 rings (SSSR count). The molecule has 1 radical (unpaired) electrons. The van der Waals surface area contributed by atoms with E-state index in [2.05, 4.69) is 45.9 Å². The zero-order chi connectivity index (χ0) is 16.4. The number of phenols is 1. The number of phenolic OH excluding ortho intramolecular Hbond substituents is 1. The van der Waals surface area contributed by atoms with Gasteiger partial charge in [-0.3, -0.25) is 0 Å². The number of hydrogen-bond acceptors (Lipinski definition) is 1. The Morgan fingerprint density at radius 3 is 2.52 bits per heavy atom. The Morgan fingerprint density at radius 1 is 1.17 bits per heavy atom. The maximum atomic E-state index is 10.1. The summed E-state index contributed by atoms with van der Waals surface area (Å²) in [7, 11) is 0. The van der Waals surface area contributed by atoms with E-state index in [4.69, 9.17) is 0 Å². The van der Waals surface area contributed by atoms with Crippen LogP contribution in [0.5, 0.6) is 5.75 Å². The third-order valence-electron chi connectivity index (χ3n) is 3.88. The zero-order valence-electron chi connectivity index (χ0n) is 15.0. The molecule has 0 amide bonds. The first-order valence-electron chi connectivity index (χ1n) is 8.54. The van der Waals surface area contributed by atoms with Crippen LogP contribution >= 0.6 is 0 Å². The van der Waals surface area contributed by atoms with Crippen LogP contribution < -0.4 is 0 Å². The van der Waals surface area contributed by atoms with Gasteiger partial charge in [0.25, 0.3) is 0 Å². The molecule has 0 aliphatic heterocycles. The van der Waals surface area contributed by atoms with E-state index in [1.807, 2.05) is 12.1 Å². The summed E-state index contributed by atoms with van der Waals surface area (Å²) >= 11 is 0. The minimum atomic E-state index is 0. The summed E-state index contributed by atoms with van der Waals surface area (Å²) in [6.07, 6.45) is 12.1. The smallest absolute Gasteiger partial charge is 0.00693 e. The molecule has 1 aromatic carbocycles. The molecule has 0 fully saturated rings. The SMILES string of the molecule is CCCCCc1c[c-]c(C/C=C(\C)CCC=C(C)C)c(O)c1.[Ho]. The number of hydrogen-bond donors (Lipinski definition) is 1. The summed E-state index contributed by atoms with van der Waals surface area (Å²) in [5, 5.41) is 10.1. The van der Waals surface area contributed by atoms with Gasteiger partial charge in [-0.05, 0) is 40.0 Å². The Hall–Kier alpha value is -0.240. The molecular weight excluding hydrogens is 433 g/mol. The molecule has 1 N–H and O–H groups in total. The van der Waals surface area contributed by atoms with Gasteiger partial charge < -0.3 is 5.11 Å². The topological polar surface area (TPSA) is 20.2 Å². The number of allylic oxidation sites excluding steroid dienone is 4. The van der Waals surface area contributed by atoms with Gasteiger partial charge in [0, 0.05) is 43.5 Å². The Bertz CT molecular complexity index is 511. The first-order valence-corrected chi connectivity index (χ1v) is 8.54. The van der Waals surface area contributed by atoms with Crippen LogP contribution in [0.25, 0.3) is 0 Å². The van der Waals surface area contributed by atoms with Gasteiger partial charge in [0.2, 0.25) is 0 Å². The molecular formula is C21H31HoO-. The predicted molar refractivity (Wildman–Crippen MR) is 96.3 cm³/mol. The number of aromatic hydroxyl groups is 1. The molecule has 133 valence electrons. The fourth-order valence-corrected chi connectivity index (χ4v) is 2.41. The number of rotatable bonds is 9. The fourth-order valence-electron chi connectivity index (χ4n) is 2.41. The van der Waals surface area contributed by atoms with Crippen molar-refractivity contribution < 1.29 is 42.8 Å². The van der Waals surface area contributed by atoms with E-state index in [0.717, 1.165) is 31.2 Å². The van der Waals surface area contributed by atoms with E-state index in [0.29, 0.717) is 5.75 Å². The van der Waals surface area contributed by atoms with Crippen LogP contribution in [-0.4, -0.2) is 5.11 Å². The van der Waals surface area contributed by atoms with Crippen molar-refractivity contribution in [1.82, 2.24) is 0 Å². The van der Waals surface area contributed by atoms with Crippen LogP contribution in [0.4, 0.5) is 0 Å². The summed E-state index contributed by atoms with van der Waals surface area (Å²) < 4.78 is 0. The molecule has 0 spiro atoms. The second-order valence-electron chi connectivity index (χ2n) is 6.40. The minimum Gasteiger partial charge on any atom is -0.565 e. The molecule has 0 aliphatic carbocycles. The Morgan fingerprint density at radius 2 is 1.91 bits per heavy atom. The van der Waals surface area contributed by atoms with Crippen molar-refractivity contribution in [2.45, 2.75) is 72.6 Å². The molecule has 0 saturated heterocycles. The molecule has 0 atom stereocenters. The van der Waals surface area contributed by atoms with Gasteiger partial charge >= 0.3 is 0 Å². The third-order valence-corrected chi connectivity index (χ3v) is 3.88. The van der Waals surface area contributed by atoms with Crippen LogP contribution in [0.1, 0.15) is 70.9 Å². The molecule has 1 nitrogen and oxygen atoms in total. The van der Waals surface area contributed by atoms with Crippen molar-refractivity contribution in [3.8, 4) is 5.75 Å². The monoisotopic (exact) mass is 464 g/mol.